The van der Waals surface area contributed by atoms with Crippen molar-refractivity contribution in [1.82, 2.24) is 4.98 Å². The van der Waals surface area contributed by atoms with Gasteiger partial charge in [-0.1, -0.05) is 15.9 Å². The third kappa shape index (κ3) is 2.29. The van der Waals surface area contributed by atoms with E-state index in [1.54, 1.807) is 6.20 Å². The number of nitrogens with zero attached hydrogens (tertiary/aromatic N) is 1. The summed E-state index contributed by atoms with van der Waals surface area (Å²) >= 11 is 3.50. The molecular formula is C10H13BrN2. The van der Waals surface area contributed by atoms with Gasteiger partial charge in [0.15, 0.2) is 0 Å². The molecule has 0 unspecified atom stereocenters. The van der Waals surface area contributed by atoms with Crippen molar-refractivity contribution in [2.75, 3.05) is 0 Å². The van der Waals surface area contributed by atoms with E-state index >= 15 is 0 Å². The number of nitrogens with two attached hydrogens (primary N) is 1. The highest BCUT2D eigenvalue weighted by atomic mass is 79.9. The average Bonchev–Trinajstić information content (AvgIpc) is 2.83. The molecule has 70 valence electrons. The van der Waals surface area contributed by atoms with Crippen LogP contribution in [0.3, 0.4) is 0 Å². The molecule has 0 spiro atoms. The molecule has 0 atom stereocenters. The summed E-state index contributed by atoms with van der Waals surface area (Å²) in [5, 5.41) is 0. The van der Waals surface area contributed by atoms with Gasteiger partial charge in [0.25, 0.3) is 0 Å². The zero-order valence-corrected chi connectivity index (χ0v) is 9.05. The number of aryl methyl sites for hydroxylation is 1. The normalized spacial score (nSPS) is 18.6. The van der Waals surface area contributed by atoms with Crippen LogP contribution in [0.15, 0.2) is 22.9 Å². The second-order valence-electron chi connectivity index (χ2n) is 3.83. The molecule has 0 aliphatic heterocycles. The van der Waals surface area contributed by atoms with Gasteiger partial charge in [0, 0.05) is 22.4 Å². The van der Waals surface area contributed by atoms with E-state index in [0.717, 1.165) is 17.3 Å². The number of hydrogen-bond donors (Lipinski definition) is 1. The van der Waals surface area contributed by atoms with E-state index in [0.29, 0.717) is 0 Å². The zero-order chi connectivity index (χ0) is 9.31. The fourth-order valence-electron chi connectivity index (χ4n) is 1.39. The lowest BCUT2D eigenvalue weighted by atomic mass is 10.1. The van der Waals surface area contributed by atoms with Crippen LogP contribution in [0.1, 0.15) is 24.8 Å². The quantitative estimate of drug-likeness (QED) is 0.881. The van der Waals surface area contributed by atoms with E-state index in [2.05, 4.69) is 20.9 Å². The summed E-state index contributed by atoms with van der Waals surface area (Å²) in [6.45, 7) is 0. The van der Waals surface area contributed by atoms with Gasteiger partial charge < -0.3 is 5.73 Å². The Labute approximate surface area is 86.7 Å². The molecule has 1 aliphatic carbocycles. The van der Waals surface area contributed by atoms with Gasteiger partial charge in [-0.3, -0.25) is 4.98 Å². The van der Waals surface area contributed by atoms with E-state index in [-0.39, 0.29) is 5.54 Å². The van der Waals surface area contributed by atoms with Crippen LogP contribution in [-0.2, 0) is 6.42 Å². The minimum absolute atomic E-state index is 0.148. The average molecular weight is 241 g/mol. The maximum Gasteiger partial charge on any atom is 0.0311 e. The summed E-state index contributed by atoms with van der Waals surface area (Å²) in [6.07, 6.45) is 8.19. The molecule has 2 rings (SSSR count). The van der Waals surface area contributed by atoms with Crippen LogP contribution in [0.5, 0.6) is 0 Å². The molecule has 1 fully saturated rings. The first-order valence-corrected chi connectivity index (χ1v) is 5.36. The van der Waals surface area contributed by atoms with Crippen LogP contribution in [-0.4, -0.2) is 10.5 Å². The third-order valence-corrected chi connectivity index (χ3v) is 3.40. The van der Waals surface area contributed by atoms with Crippen LogP contribution in [0.2, 0.25) is 0 Å². The van der Waals surface area contributed by atoms with Gasteiger partial charge >= 0.3 is 0 Å². The van der Waals surface area contributed by atoms with Crippen molar-refractivity contribution >= 4 is 15.9 Å². The Balaban J connectivity index is 1.97. The second kappa shape index (κ2) is 3.39. The summed E-state index contributed by atoms with van der Waals surface area (Å²) in [6, 6.07) is 1.98. The Morgan fingerprint density at radius 2 is 2.31 bits per heavy atom. The first-order valence-electron chi connectivity index (χ1n) is 4.57. The van der Waals surface area contributed by atoms with Crippen LogP contribution in [0.4, 0.5) is 0 Å². The number of halogens is 1. The van der Waals surface area contributed by atoms with Crippen LogP contribution in [0.25, 0.3) is 0 Å². The highest BCUT2D eigenvalue weighted by Crippen LogP contribution is 2.36. The summed E-state index contributed by atoms with van der Waals surface area (Å²) in [4.78, 5) is 4.10. The van der Waals surface area contributed by atoms with Crippen LogP contribution >= 0.6 is 15.9 Å². The molecule has 0 amide bonds. The minimum atomic E-state index is 0.148. The lowest BCUT2D eigenvalue weighted by Crippen LogP contribution is -2.22. The fraction of sp³-hybridized carbons (Fsp3) is 0.500. The van der Waals surface area contributed by atoms with Gasteiger partial charge in [-0.05, 0) is 37.3 Å². The molecule has 1 aliphatic rings. The third-order valence-electron chi connectivity index (χ3n) is 2.63. The highest BCUT2D eigenvalue weighted by molar-refractivity contribution is 9.10. The van der Waals surface area contributed by atoms with E-state index in [9.17, 15) is 0 Å². The van der Waals surface area contributed by atoms with Gasteiger partial charge in [0.05, 0.1) is 0 Å². The molecule has 1 aromatic rings. The Bertz CT molecular complexity index is 308. The first-order chi connectivity index (χ1) is 6.20. The topological polar surface area (TPSA) is 38.9 Å². The van der Waals surface area contributed by atoms with Gasteiger partial charge in [0.2, 0.25) is 0 Å². The summed E-state index contributed by atoms with van der Waals surface area (Å²) in [5.74, 6) is 0. The van der Waals surface area contributed by atoms with E-state index in [1.807, 2.05) is 12.3 Å². The van der Waals surface area contributed by atoms with Crippen molar-refractivity contribution in [3.63, 3.8) is 0 Å². The molecule has 3 heteroatoms. The fourth-order valence-corrected chi connectivity index (χ4v) is 1.81. The molecule has 13 heavy (non-hydrogen) atoms. The zero-order valence-electron chi connectivity index (χ0n) is 7.46. The summed E-state index contributed by atoms with van der Waals surface area (Å²) in [5.41, 5.74) is 7.42. The van der Waals surface area contributed by atoms with Crippen molar-refractivity contribution < 1.29 is 0 Å². The van der Waals surface area contributed by atoms with Crippen molar-refractivity contribution in [3.05, 3.63) is 28.5 Å². The van der Waals surface area contributed by atoms with Gasteiger partial charge in [0.1, 0.15) is 0 Å². The molecule has 2 N–H and O–H groups in total. The predicted molar refractivity (Wildman–Crippen MR) is 56.4 cm³/mol. The number of aromatic nitrogens is 1. The largest absolute Gasteiger partial charge is 0.325 e. The molecule has 1 saturated carbocycles. The van der Waals surface area contributed by atoms with Crippen molar-refractivity contribution in [3.8, 4) is 0 Å². The molecule has 0 aromatic carbocycles. The maximum absolute atomic E-state index is 6.01. The highest BCUT2D eigenvalue weighted by Gasteiger charge is 2.37. The van der Waals surface area contributed by atoms with Crippen molar-refractivity contribution in [1.29, 1.82) is 0 Å². The summed E-state index contributed by atoms with van der Waals surface area (Å²) in [7, 11) is 0. The lowest BCUT2D eigenvalue weighted by molar-refractivity contribution is 0.607. The Morgan fingerprint density at radius 3 is 2.92 bits per heavy atom. The number of pyridine rings is 1. The van der Waals surface area contributed by atoms with Gasteiger partial charge in [-0.2, -0.15) is 0 Å². The predicted octanol–water partition coefficient (Wildman–Crippen LogP) is 2.27. The molecular weight excluding hydrogens is 228 g/mol. The Kier molecular flexibility index (Phi) is 2.39. The second-order valence-corrected chi connectivity index (χ2v) is 4.68. The molecule has 0 saturated heterocycles. The molecule has 1 aromatic heterocycles. The Hall–Kier alpha value is -0.410. The Morgan fingerprint density at radius 1 is 1.54 bits per heavy atom. The van der Waals surface area contributed by atoms with E-state index in [1.165, 1.54) is 18.4 Å². The smallest absolute Gasteiger partial charge is 0.0311 e. The van der Waals surface area contributed by atoms with E-state index in [4.69, 9.17) is 5.73 Å². The molecule has 0 radical (unpaired) electrons. The molecule has 0 bridgehead atoms. The van der Waals surface area contributed by atoms with Gasteiger partial charge in [-0.25, -0.2) is 0 Å². The minimum Gasteiger partial charge on any atom is -0.325 e. The van der Waals surface area contributed by atoms with Crippen molar-refractivity contribution in [2.45, 2.75) is 31.2 Å². The number of hydrogen-bond acceptors (Lipinski definition) is 2. The lowest BCUT2D eigenvalue weighted by Gasteiger charge is -2.08. The molecule has 2 nitrogen and oxygen atoms in total. The monoisotopic (exact) mass is 240 g/mol. The first kappa shape index (κ1) is 9.16. The standard InChI is InChI=1S/C10H13BrN2/c11-9-2-6-13-7-8(9)1-3-10(12)4-5-10/h2,6-7H,1,3-5,12H2. The molecule has 1 heterocycles. The van der Waals surface area contributed by atoms with Crippen molar-refractivity contribution in [2.24, 2.45) is 5.73 Å². The summed E-state index contributed by atoms with van der Waals surface area (Å²) < 4.78 is 1.15. The maximum atomic E-state index is 6.01. The SMILES string of the molecule is NC1(CCc2cnccc2Br)CC1. The number of rotatable bonds is 3. The van der Waals surface area contributed by atoms with Gasteiger partial charge in [-0.15, -0.1) is 0 Å². The van der Waals surface area contributed by atoms with E-state index < -0.39 is 0 Å². The van der Waals surface area contributed by atoms with Crippen LogP contribution < -0.4 is 5.73 Å². The van der Waals surface area contributed by atoms with Crippen LogP contribution in [0, 0.1) is 0 Å².